The van der Waals surface area contributed by atoms with Crippen LogP contribution in [0.3, 0.4) is 0 Å². The zero-order valence-electron chi connectivity index (χ0n) is 6.54. The molecule has 1 heterocycles. The van der Waals surface area contributed by atoms with Crippen LogP contribution >= 0.6 is 0 Å². The van der Waals surface area contributed by atoms with Gasteiger partial charge in [0.05, 0.1) is 7.11 Å². The Labute approximate surface area is 65.5 Å². The van der Waals surface area contributed by atoms with Crippen molar-refractivity contribution in [3.05, 3.63) is 0 Å². The molecule has 1 fully saturated rings. The van der Waals surface area contributed by atoms with Gasteiger partial charge in [-0.2, -0.15) is 0 Å². The minimum Gasteiger partial charge on any atom is -0.453 e. The number of hydrazine groups is 1. The second-order valence-corrected chi connectivity index (χ2v) is 2.57. The Bertz CT molecular complexity index is 151. The van der Waals surface area contributed by atoms with E-state index in [1.165, 1.54) is 7.11 Å². The highest BCUT2D eigenvalue weighted by Gasteiger charge is 2.25. The summed E-state index contributed by atoms with van der Waals surface area (Å²) in [5, 5.41) is 0. The summed E-state index contributed by atoms with van der Waals surface area (Å²) in [4.78, 5) is 12.5. The topological polar surface area (TPSA) is 67.6 Å². The van der Waals surface area contributed by atoms with E-state index in [9.17, 15) is 4.79 Å². The number of likely N-dealkylation sites (tertiary alicyclic amines) is 1. The largest absolute Gasteiger partial charge is 0.453 e. The van der Waals surface area contributed by atoms with Gasteiger partial charge in [-0.1, -0.05) is 0 Å². The quantitative estimate of drug-likeness (QED) is 0.392. The predicted octanol–water partition coefficient (Wildman–Crippen LogP) is -0.710. The van der Waals surface area contributed by atoms with Crippen molar-refractivity contribution >= 4 is 6.09 Å². The number of hydrogen-bond donors (Lipinski definition) is 2. The third-order valence-corrected chi connectivity index (χ3v) is 1.86. The molecule has 1 rings (SSSR count). The summed E-state index contributed by atoms with van der Waals surface area (Å²) in [6, 6.07) is 0.217. The Balaban J connectivity index is 2.35. The molecule has 0 radical (unpaired) electrons. The number of carbonyl (C=O) groups excluding carboxylic acids is 1. The van der Waals surface area contributed by atoms with Crippen molar-refractivity contribution in [3.8, 4) is 0 Å². The van der Waals surface area contributed by atoms with Gasteiger partial charge in [0.1, 0.15) is 0 Å². The van der Waals surface area contributed by atoms with E-state index in [2.05, 4.69) is 10.2 Å². The summed E-state index contributed by atoms with van der Waals surface area (Å²) in [5.41, 5.74) is 2.62. The van der Waals surface area contributed by atoms with Gasteiger partial charge < -0.3 is 9.64 Å². The molecule has 1 unspecified atom stereocenters. The lowest BCUT2D eigenvalue weighted by atomic mass is 10.3. The Hall–Kier alpha value is -0.810. The average molecular weight is 159 g/mol. The molecule has 0 aliphatic carbocycles. The van der Waals surface area contributed by atoms with Crippen LogP contribution in [0.4, 0.5) is 4.79 Å². The van der Waals surface area contributed by atoms with Crippen molar-refractivity contribution in [2.45, 2.75) is 12.5 Å². The number of amides is 1. The fourth-order valence-corrected chi connectivity index (χ4v) is 1.19. The minimum atomic E-state index is -0.275. The molecule has 0 spiro atoms. The lowest BCUT2D eigenvalue weighted by molar-refractivity contribution is 0.132. The molecule has 0 bridgehead atoms. The van der Waals surface area contributed by atoms with Gasteiger partial charge in [0, 0.05) is 19.1 Å². The van der Waals surface area contributed by atoms with Gasteiger partial charge in [0.2, 0.25) is 0 Å². The van der Waals surface area contributed by atoms with E-state index in [0.29, 0.717) is 6.54 Å². The van der Waals surface area contributed by atoms with Crippen LogP contribution in [0.5, 0.6) is 0 Å². The van der Waals surface area contributed by atoms with E-state index in [1.807, 2.05) is 0 Å². The van der Waals surface area contributed by atoms with Gasteiger partial charge in [0.15, 0.2) is 0 Å². The molecule has 5 heteroatoms. The van der Waals surface area contributed by atoms with E-state index in [0.717, 1.165) is 13.0 Å². The molecule has 3 N–H and O–H groups in total. The molecule has 11 heavy (non-hydrogen) atoms. The molecule has 5 nitrogen and oxygen atoms in total. The summed E-state index contributed by atoms with van der Waals surface area (Å²) >= 11 is 0. The third-order valence-electron chi connectivity index (χ3n) is 1.86. The van der Waals surface area contributed by atoms with Gasteiger partial charge in [-0.15, -0.1) is 0 Å². The second-order valence-electron chi connectivity index (χ2n) is 2.57. The monoisotopic (exact) mass is 159 g/mol. The summed E-state index contributed by atoms with van der Waals surface area (Å²) < 4.78 is 4.55. The fraction of sp³-hybridized carbons (Fsp3) is 0.833. The second kappa shape index (κ2) is 3.54. The van der Waals surface area contributed by atoms with Crippen molar-refractivity contribution in [1.82, 2.24) is 10.3 Å². The molecule has 0 aromatic carbocycles. The first-order valence-electron chi connectivity index (χ1n) is 3.57. The van der Waals surface area contributed by atoms with Crippen LogP contribution in [-0.4, -0.2) is 37.2 Å². The highest BCUT2D eigenvalue weighted by molar-refractivity contribution is 5.67. The summed E-state index contributed by atoms with van der Waals surface area (Å²) in [7, 11) is 1.38. The number of hydrogen-bond acceptors (Lipinski definition) is 4. The smallest absolute Gasteiger partial charge is 0.409 e. The van der Waals surface area contributed by atoms with E-state index < -0.39 is 0 Å². The summed E-state index contributed by atoms with van der Waals surface area (Å²) in [5.74, 6) is 5.21. The number of methoxy groups -OCH3 is 1. The highest BCUT2D eigenvalue weighted by atomic mass is 16.5. The Morgan fingerprint density at radius 3 is 3.00 bits per heavy atom. The first-order chi connectivity index (χ1) is 5.27. The maximum Gasteiger partial charge on any atom is 0.409 e. The molecule has 0 saturated carbocycles. The molecular formula is C6H13N3O2. The Morgan fingerprint density at radius 2 is 2.55 bits per heavy atom. The van der Waals surface area contributed by atoms with Crippen LogP contribution in [0.1, 0.15) is 6.42 Å². The lowest BCUT2D eigenvalue weighted by Crippen LogP contribution is -2.38. The van der Waals surface area contributed by atoms with Gasteiger partial charge in [-0.3, -0.25) is 11.3 Å². The molecule has 1 aliphatic rings. The molecule has 1 saturated heterocycles. The van der Waals surface area contributed by atoms with Crippen molar-refractivity contribution < 1.29 is 9.53 Å². The van der Waals surface area contributed by atoms with Crippen molar-refractivity contribution in [2.24, 2.45) is 5.84 Å². The SMILES string of the molecule is COC(=O)N1CCC(NN)C1. The van der Waals surface area contributed by atoms with Crippen molar-refractivity contribution in [3.63, 3.8) is 0 Å². The maximum absolute atomic E-state index is 10.9. The Kier molecular flexibility index (Phi) is 2.67. The van der Waals surface area contributed by atoms with Crippen LogP contribution in [0.2, 0.25) is 0 Å². The summed E-state index contributed by atoms with van der Waals surface area (Å²) in [6.45, 7) is 1.37. The summed E-state index contributed by atoms with van der Waals surface area (Å²) in [6.07, 6.45) is 0.619. The first kappa shape index (κ1) is 8.29. The Morgan fingerprint density at radius 1 is 1.82 bits per heavy atom. The van der Waals surface area contributed by atoms with Crippen LogP contribution in [-0.2, 0) is 4.74 Å². The minimum absolute atomic E-state index is 0.217. The first-order valence-corrected chi connectivity index (χ1v) is 3.57. The molecule has 1 aliphatic heterocycles. The molecule has 1 amide bonds. The number of nitrogens with one attached hydrogen (secondary N) is 1. The molecule has 0 aromatic rings. The molecule has 0 aromatic heterocycles. The normalized spacial score (nSPS) is 23.8. The maximum atomic E-state index is 10.9. The molecule has 64 valence electrons. The zero-order valence-corrected chi connectivity index (χ0v) is 6.54. The average Bonchev–Trinajstić information content (AvgIpc) is 2.50. The fourth-order valence-electron chi connectivity index (χ4n) is 1.19. The van der Waals surface area contributed by atoms with Crippen molar-refractivity contribution in [1.29, 1.82) is 0 Å². The van der Waals surface area contributed by atoms with Gasteiger partial charge in [0.25, 0.3) is 0 Å². The van der Waals surface area contributed by atoms with Crippen LogP contribution in [0.25, 0.3) is 0 Å². The number of nitrogens with zero attached hydrogens (tertiary/aromatic N) is 1. The highest BCUT2D eigenvalue weighted by Crippen LogP contribution is 2.08. The molecular weight excluding hydrogens is 146 g/mol. The number of carbonyl (C=O) groups is 1. The van der Waals surface area contributed by atoms with E-state index in [-0.39, 0.29) is 12.1 Å². The lowest BCUT2D eigenvalue weighted by Gasteiger charge is -2.13. The number of rotatable bonds is 1. The van der Waals surface area contributed by atoms with Gasteiger partial charge in [-0.25, -0.2) is 4.79 Å². The van der Waals surface area contributed by atoms with Crippen molar-refractivity contribution in [2.75, 3.05) is 20.2 Å². The standard InChI is InChI=1S/C6H13N3O2/c1-11-6(10)9-3-2-5(4-9)8-7/h5,8H,2-4,7H2,1H3. The number of ether oxygens (including phenoxy) is 1. The van der Waals surface area contributed by atoms with E-state index in [1.54, 1.807) is 4.90 Å². The van der Waals surface area contributed by atoms with Gasteiger partial charge in [-0.05, 0) is 6.42 Å². The molecule has 1 atom stereocenters. The van der Waals surface area contributed by atoms with Crippen LogP contribution in [0, 0.1) is 0 Å². The van der Waals surface area contributed by atoms with E-state index >= 15 is 0 Å². The zero-order chi connectivity index (χ0) is 8.27. The predicted molar refractivity (Wildman–Crippen MR) is 39.7 cm³/mol. The third kappa shape index (κ3) is 1.81. The van der Waals surface area contributed by atoms with E-state index in [4.69, 9.17) is 5.84 Å². The number of nitrogens with two attached hydrogens (primary N) is 1. The van der Waals surface area contributed by atoms with Crippen LogP contribution in [0.15, 0.2) is 0 Å². The van der Waals surface area contributed by atoms with Gasteiger partial charge >= 0.3 is 6.09 Å². The van der Waals surface area contributed by atoms with Crippen LogP contribution < -0.4 is 11.3 Å².